The Morgan fingerprint density at radius 3 is 2.41 bits per heavy atom. The van der Waals surface area contributed by atoms with Crippen molar-refractivity contribution in [3.63, 3.8) is 0 Å². The second kappa shape index (κ2) is 8.57. The SMILES string of the molecule is CN1C(=O)NC(=O)C12Cc1ccc(NC(=O)CN(Cc3ccccc3)C(=O)C(C)(C)O)cc1C2. The predicted octanol–water partition coefficient (Wildman–Crippen LogP) is 1.44. The van der Waals surface area contributed by atoms with Crippen LogP contribution >= 0.6 is 0 Å². The van der Waals surface area contributed by atoms with Crippen molar-refractivity contribution in [3.8, 4) is 0 Å². The van der Waals surface area contributed by atoms with Gasteiger partial charge in [-0.25, -0.2) is 4.79 Å². The van der Waals surface area contributed by atoms with Crippen molar-refractivity contribution in [1.29, 1.82) is 0 Å². The number of nitrogens with zero attached hydrogens (tertiary/aromatic N) is 2. The molecule has 1 aliphatic carbocycles. The fourth-order valence-electron chi connectivity index (χ4n) is 4.54. The Hall–Kier alpha value is -3.72. The first kappa shape index (κ1) is 23.4. The van der Waals surface area contributed by atoms with Gasteiger partial charge in [-0.3, -0.25) is 19.7 Å². The van der Waals surface area contributed by atoms with Gasteiger partial charge in [-0.1, -0.05) is 36.4 Å². The topological polar surface area (TPSA) is 119 Å². The fourth-order valence-corrected chi connectivity index (χ4v) is 4.54. The first-order valence-corrected chi connectivity index (χ1v) is 11.1. The number of fused-ring (bicyclic) bond motifs is 1. The number of anilines is 1. The van der Waals surface area contributed by atoms with Crippen LogP contribution in [0.15, 0.2) is 48.5 Å². The van der Waals surface area contributed by atoms with E-state index in [1.807, 2.05) is 36.4 Å². The lowest BCUT2D eigenvalue weighted by molar-refractivity contribution is -0.150. The summed E-state index contributed by atoms with van der Waals surface area (Å²) in [6, 6.07) is 14.2. The maximum Gasteiger partial charge on any atom is 0.324 e. The summed E-state index contributed by atoms with van der Waals surface area (Å²) in [4.78, 5) is 52.8. The van der Waals surface area contributed by atoms with E-state index in [0.717, 1.165) is 16.7 Å². The zero-order chi connectivity index (χ0) is 24.7. The number of carbonyl (C=O) groups is 4. The third-order valence-corrected chi connectivity index (χ3v) is 6.41. The smallest absolute Gasteiger partial charge is 0.324 e. The van der Waals surface area contributed by atoms with E-state index in [9.17, 15) is 24.3 Å². The van der Waals surface area contributed by atoms with E-state index >= 15 is 0 Å². The summed E-state index contributed by atoms with van der Waals surface area (Å²) in [5, 5.41) is 15.4. The summed E-state index contributed by atoms with van der Waals surface area (Å²) in [6.45, 7) is 2.72. The van der Waals surface area contributed by atoms with Gasteiger partial charge < -0.3 is 20.2 Å². The largest absolute Gasteiger partial charge is 0.381 e. The highest BCUT2D eigenvalue weighted by Gasteiger charge is 2.54. The van der Waals surface area contributed by atoms with Crippen LogP contribution in [-0.2, 0) is 33.8 Å². The minimum atomic E-state index is -1.62. The summed E-state index contributed by atoms with van der Waals surface area (Å²) in [5.74, 6) is -1.28. The van der Waals surface area contributed by atoms with Gasteiger partial charge >= 0.3 is 6.03 Å². The molecule has 9 heteroatoms. The molecule has 2 aromatic rings. The number of likely N-dealkylation sites (N-methyl/N-ethyl adjacent to an activating group) is 1. The zero-order valence-corrected chi connectivity index (χ0v) is 19.4. The number of benzene rings is 2. The number of imide groups is 1. The lowest BCUT2D eigenvalue weighted by Gasteiger charge is -2.28. The van der Waals surface area contributed by atoms with Crippen LogP contribution < -0.4 is 10.6 Å². The normalized spacial score (nSPS) is 19.2. The molecule has 2 aliphatic rings. The van der Waals surface area contributed by atoms with E-state index in [2.05, 4.69) is 10.6 Å². The molecule has 34 heavy (non-hydrogen) atoms. The minimum absolute atomic E-state index is 0.180. The highest BCUT2D eigenvalue weighted by atomic mass is 16.3. The molecule has 5 amide bonds. The van der Waals surface area contributed by atoms with Crippen molar-refractivity contribution in [2.45, 2.75) is 44.4 Å². The molecular formula is C25H28N4O5. The fraction of sp³-hybridized carbons (Fsp3) is 0.360. The minimum Gasteiger partial charge on any atom is -0.381 e. The Labute approximate surface area is 197 Å². The number of hydrogen-bond acceptors (Lipinski definition) is 5. The Bertz CT molecular complexity index is 1160. The molecule has 0 aromatic heterocycles. The lowest BCUT2D eigenvalue weighted by Crippen LogP contribution is -2.48. The Kier molecular flexibility index (Phi) is 5.91. The van der Waals surface area contributed by atoms with Gasteiger partial charge in [0.15, 0.2) is 0 Å². The van der Waals surface area contributed by atoms with Crippen molar-refractivity contribution < 1.29 is 24.3 Å². The molecule has 1 heterocycles. The van der Waals surface area contributed by atoms with Gasteiger partial charge in [0.2, 0.25) is 5.91 Å². The maximum atomic E-state index is 12.8. The molecule has 0 radical (unpaired) electrons. The number of carbonyl (C=O) groups excluding carboxylic acids is 4. The summed E-state index contributed by atoms with van der Waals surface area (Å²) >= 11 is 0. The van der Waals surface area contributed by atoms with Crippen molar-refractivity contribution in [3.05, 3.63) is 65.2 Å². The molecule has 1 aliphatic heterocycles. The van der Waals surface area contributed by atoms with Gasteiger partial charge in [-0.05, 0) is 42.7 Å². The van der Waals surface area contributed by atoms with Gasteiger partial charge in [-0.2, -0.15) is 0 Å². The van der Waals surface area contributed by atoms with Crippen molar-refractivity contribution in [2.24, 2.45) is 0 Å². The van der Waals surface area contributed by atoms with Gasteiger partial charge in [0.1, 0.15) is 17.7 Å². The number of amides is 5. The second-order valence-electron chi connectivity index (χ2n) is 9.44. The molecule has 178 valence electrons. The van der Waals surface area contributed by atoms with Crippen LogP contribution in [0.2, 0.25) is 0 Å². The quantitative estimate of drug-likeness (QED) is 0.559. The second-order valence-corrected chi connectivity index (χ2v) is 9.44. The van der Waals surface area contributed by atoms with Gasteiger partial charge in [0, 0.05) is 32.1 Å². The van der Waals surface area contributed by atoms with Crippen molar-refractivity contribution in [2.75, 3.05) is 18.9 Å². The molecule has 1 spiro atoms. The number of urea groups is 1. The average molecular weight is 465 g/mol. The molecule has 1 atom stereocenters. The van der Waals surface area contributed by atoms with Gasteiger partial charge in [0.05, 0.1) is 0 Å². The van der Waals surface area contributed by atoms with E-state index in [1.54, 1.807) is 19.2 Å². The number of hydrogen-bond donors (Lipinski definition) is 3. The Morgan fingerprint density at radius 2 is 1.79 bits per heavy atom. The molecule has 1 saturated heterocycles. The van der Waals surface area contributed by atoms with Crippen LogP contribution in [0.3, 0.4) is 0 Å². The molecule has 1 fully saturated rings. The highest BCUT2D eigenvalue weighted by molar-refractivity contribution is 6.07. The van der Waals surface area contributed by atoms with Crippen LogP contribution in [0.4, 0.5) is 10.5 Å². The summed E-state index contributed by atoms with van der Waals surface area (Å²) < 4.78 is 0. The average Bonchev–Trinajstić information content (AvgIpc) is 3.26. The molecule has 1 unspecified atom stereocenters. The molecule has 0 bridgehead atoms. The number of nitrogens with one attached hydrogen (secondary N) is 2. The molecular weight excluding hydrogens is 436 g/mol. The Morgan fingerprint density at radius 1 is 1.12 bits per heavy atom. The Balaban J connectivity index is 1.47. The van der Waals surface area contributed by atoms with Crippen LogP contribution in [0.1, 0.15) is 30.5 Å². The van der Waals surface area contributed by atoms with Gasteiger partial charge in [-0.15, -0.1) is 0 Å². The number of aliphatic hydroxyl groups is 1. The highest BCUT2D eigenvalue weighted by Crippen LogP contribution is 2.38. The molecule has 0 saturated carbocycles. The molecule has 4 rings (SSSR count). The monoisotopic (exact) mass is 464 g/mol. The number of rotatable bonds is 6. The van der Waals surface area contributed by atoms with Crippen LogP contribution in [-0.4, -0.2) is 63.4 Å². The third kappa shape index (κ3) is 4.38. The molecule has 2 aromatic carbocycles. The molecule has 3 N–H and O–H groups in total. The summed E-state index contributed by atoms with van der Waals surface area (Å²) in [7, 11) is 1.61. The first-order chi connectivity index (χ1) is 16.0. The van der Waals surface area contributed by atoms with Crippen LogP contribution in [0.5, 0.6) is 0 Å². The van der Waals surface area contributed by atoms with Crippen LogP contribution in [0.25, 0.3) is 0 Å². The maximum absolute atomic E-state index is 12.8. The van der Waals surface area contributed by atoms with Crippen LogP contribution in [0, 0.1) is 0 Å². The van der Waals surface area contributed by atoms with Gasteiger partial charge in [0.25, 0.3) is 11.8 Å². The summed E-state index contributed by atoms with van der Waals surface area (Å²) in [6.07, 6.45) is 0.771. The van der Waals surface area contributed by atoms with E-state index in [4.69, 9.17) is 0 Å². The lowest BCUT2D eigenvalue weighted by atomic mass is 9.95. The van der Waals surface area contributed by atoms with E-state index < -0.39 is 29.0 Å². The zero-order valence-electron chi connectivity index (χ0n) is 19.4. The standard InChI is InChI=1S/C25H28N4O5/c1-24(2,34)22(32)29(14-16-7-5-4-6-8-16)15-20(30)26-19-10-9-17-12-25(13-18(17)11-19)21(31)27-23(33)28(25)3/h4-11,34H,12-15H2,1-3H3,(H,26,30)(H,27,31,33). The molecule has 9 nitrogen and oxygen atoms in total. The van der Waals surface area contributed by atoms with E-state index in [0.29, 0.717) is 18.5 Å². The van der Waals surface area contributed by atoms with Crippen molar-refractivity contribution in [1.82, 2.24) is 15.1 Å². The van der Waals surface area contributed by atoms with Crippen molar-refractivity contribution >= 4 is 29.4 Å². The predicted molar refractivity (Wildman–Crippen MR) is 125 cm³/mol. The van der Waals surface area contributed by atoms with E-state index in [1.165, 1.54) is 23.6 Å². The first-order valence-electron chi connectivity index (χ1n) is 11.1. The summed E-state index contributed by atoms with van der Waals surface area (Å²) in [5.41, 5.74) is 0.629. The third-order valence-electron chi connectivity index (χ3n) is 6.41. The van der Waals surface area contributed by atoms with E-state index in [-0.39, 0.29) is 19.0 Å².